The molecule has 30 heavy (non-hydrogen) atoms. The molecule has 1 aromatic heterocycles. The van der Waals surface area contributed by atoms with Gasteiger partial charge in [0.25, 0.3) is 5.91 Å². The number of anilines is 2. The first-order valence-electron chi connectivity index (χ1n) is 9.38. The summed E-state index contributed by atoms with van der Waals surface area (Å²) in [6.07, 6.45) is 1.43. The summed E-state index contributed by atoms with van der Waals surface area (Å²) in [5.74, 6) is -0.820. The molecule has 0 radical (unpaired) electrons. The van der Waals surface area contributed by atoms with Crippen LogP contribution in [0, 0.1) is 11.3 Å². The lowest BCUT2D eigenvalue weighted by atomic mass is 10.0. The molecule has 7 heteroatoms. The minimum Gasteiger partial charge on any atom is -0.464 e. The third-order valence-corrected chi connectivity index (χ3v) is 4.78. The molecule has 0 fully saturated rings. The molecule has 0 saturated heterocycles. The van der Waals surface area contributed by atoms with E-state index >= 15 is 0 Å². The molecule has 3 N–H and O–H groups in total. The molecule has 0 atom stereocenters. The first-order valence-corrected chi connectivity index (χ1v) is 9.38. The molecule has 3 rings (SSSR count). The average molecular weight is 402 g/mol. The van der Waals surface area contributed by atoms with Gasteiger partial charge in [0.2, 0.25) is 0 Å². The van der Waals surface area contributed by atoms with E-state index in [0.717, 1.165) is 5.56 Å². The highest BCUT2D eigenvalue weighted by molar-refractivity contribution is 6.07. The van der Waals surface area contributed by atoms with Crippen molar-refractivity contribution in [2.45, 2.75) is 19.8 Å². The second-order valence-electron chi connectivity index (χ2n) is 6.99. The number of carbonyl (C=O) groups is 2. The average Bonchev–Trinajstić information content (AvgIpc) is 3.09. The molecule has 0 saturated carbocycles. The number of nitrogen functional groups attached to an aromatic ring is 1. The van der Waals surface area contributed by atoms with Gasteiger partial charge in [-0.1, -0.05) is 44.2 Å². The van der Waals surface area contributed by atoms with Gasteiger partial charge in [-0.25, -0.2) is 4.79 Å². The Bertz CT molecular complexity index is 1160. The van der Waals surface area contributed by atoms with E-state index in [2.05, 4.69) is 5.32 Å². The number of methoxy groups -OCH3 is 1. The maximum absolute atomic E-state index is 13.2. The molecule has 1 heterocycles. The molecule has 7 nitrogen and oxygen atoms in total. The van der Waals surface area contributed by atoms with Gasteiger partial charge in [0.15, 0.2) is 5.69 Å². The summed E-state index contributed by atoms with van der Waals surface area (Å²) in [4.78, 5) is 25.5. The van der Waals surface area contributed by atoms with Crippen LogP contribution in [0.3, 0.4) is 0 Å². The van der Waals surface area contributed by atoms with Crippen LogP contribution >= 0.6 is 0 Å². The van der Waals surface area contributed by atoms with E-state index in [1.165, 1.54) is 17.9 Å². The first-order chi connectivity index (χ1) is 14.4. The standard InChI is InChI=1S/C23H22N4O3/c1-14(2)16-8-4-6-10-18(16)26-22(28)17-9-5-7-11-19(17)27-13-15(12-24)20(25)21(27)23(29)30-3/h4-11,13-14H,25H2,1-3H3,(H,26,28). The number of hydrogen-bond acceptors (Lipinski definition) is 5. The monoisotopic (exact) mass is 402 g/mol. The molecule has 0 bridgehead atoms. The Labute approximate surface area is 174 Å². The minimum absolute atomic E-state index is 0.00289. The predicted molar refractivity (Wildman–Crippen MR) is 115 cm³/mol. The van der Waals surface area contributed by atoms with Gasteiger partial charge in [-0.2, -0.15) is 5.26 Å². The van der Waals surface area contributed by atoms with Gasteiger partial charge in [0.1, 0.15) is 6.07 Å². The largest absolute Gasteiger partial charge is 0.464 e. The molecule has 3 aromatic rings. The molecular weight excluding hydrogens is 380 g/mol. The van der Waals surface area contributed by atoms with Crippen LogP contribution in [-0.2, 0) is 4.74 Å². The highest BCUT2D eigenvalue weighted by Crippen LogP contribution is 2.28. The Kier molecular flexibility index (Phi) is 5.88. The first kappa shape index (κ1) is 20.7. The SMILES string of the molecule is COC(=O)c1c(N)c(C#N)cn1-c1ccccc1C(=O)Nc1ccccc1C(C)C. The van der Waals surface area contributed by atoms with Crippen LogP contribution in [-0.4, -0.2) is 23.6 Å². The zero-order chi connectivity index (χ0) is 21.8. The van der Waals surface area contributed by atoms with Crippen LogP contribution in [0.2, 0.25) is 0 Å². The fourth-order valence-electron chi connectivity index (χ4n) is 3.28. The van der Waals surface area contributed by atoms with E-state index in [0.29, 0.717) is 16.9 Å². The number of benzene rings is 2. The molecular formula is C23H22N4O3. The number of hydrogen-bond donors (Lipinski definition) is 2. The Morgan fingerprint density at radius 1 is 1.13 bits per heavy atom. The number of ether oxygens (including phenoxy) is 1. The highest BCUT2D eigenvalue weighted by atomic mass is 16.5. The van der Waals surface area contributed by atoms with Crippen LogP contribution in [0.5, 0.6) is 0 Å². The number of rotatable bonds is 5. The summed E-state index contributed by atoms with van der Waals surface area (Å²) in [5, 5.41) is 12.3. The number of para-hydroxylation sites is 2. The van der Waals surface area contributed by atoms with Gasteiger partial charge >= 0.3 is 5.97 Å². The molecule has 1 amide bonds. The molecule has 0 aliphatic rings. The van der Waals surface area contributed by atoms with Crippen LogP contribution < -0.4 is 11.1 Å². The summed E-state index contributed by atoms with van der Waals surface area (Å²) in [6.45, 7) is 4.10. The number of aromatic nitrogens is 1. The second-order valence-corrected chi connectivity index (χ2v) is 6.99. The predicted octanol–water partition coefficient (Wildman–Crippen LogP) is 4.09. The number of amides is 1. The Morgan fingerprint density at radius 2 is 1.80 bits per heavy atom. The Balaban J connectivity index is 2.10. The van der Waals surface area contributed by atoms with Crippen LogP contribution in [0.1, 0.15) is 51.7 Å². The van der Waals surface area contributed by atoms with Gasteiger partial charge in [0.05, 0.1) is 29.6 Å². The van der Waals surface area contributed by atoms with E-state index in [4.69, 9.17) is 10.5 Å². The topological polar surface area (TPSA) is 110 Å². The van der Waals surface area contributed by atoms with Crippen LogP contribution in [0.25, 0.3) is 5.69 Å². The van der Waals surface area contributed by atoms with Gasteiger partial charge in [-0.15, -0.1) is 0 Å². The molecule has 0 spiro atoms. The lowest BCUT2D eigenvalue weighted by molar-refractivity contribution is 0.0592. The third kappa shape index (κ3) is 3.76. The van der Waals surface area contributed by atoms with Crippen molar-refractivity contribution in [3.8, 4) is 11.8 Å². The maximum atomic E-state index is 13.2. The minimum atomic E-state index is -0.700. The van der Waals surface area contributed by atoms with Gasteiger partial charge in [-0.3, -0.25) is 4.79 Å². The number of esters is 1. The number of nitrogens with one attached hydrogen (secondary N) is 1. The van der Waals surface area contributed by atoms with Crippen molar-refractivity contribution < 1.29 is 14.3 Å². The van der Waals surface area contributed by atoms with Gasteiger partial charge in [-0.05, 0) is 29.7 Å². The zero-order valence-electron chi connectivity index (χ0n) is 17.0. The number of nitrogens with two attached hydrogens (primary N) is 1. The van der Waals surface area contributed by atoms with Crippen molar-refractivity contribution in [2.24, 2.45) is 0 Å². The molecule has 2 aromatic carbocycles. The maximum Gasteiger partial charge on any atom is 0.357 e. The van der Waals surface area contributed by atoms with E-state index in [1.54, 1.807) is 24.3 Å². The fourth-order valence-corrected chi connectivity index (χ4v) is 3.28. The Hall–Kier alpha value is -4.05. The van der Waals surface area contributed by atoms with E-state index < -0.39 is 5.97 Å². The van der Waals surface area contributed by atoms with E-state index in [-0.39, 0.29) is 28.8 Å². The van der Waals surface area contributed by atoms with Crippen molar-refractivity contribution in [1.29, 1.82) is 5.26 Å². The molecule has 0 unspecified atom stereocenters. The van der Waals surface area contributed by atoms with Crippen molar-refractivity contribution >= 4 is 23.3 Å². The normalized spacial score (nSPS) is 10.5. The zero-order valence-corrected chi connectivity index (χ0v) is 17.0. The van der Waals surface area contributed by atoms with Crippen LogP contribution in [0.4, 0.5) is 11.4 Å². The molecule has 0 aliphatic heterocycles. The van der Waals surface area contributed by atoms with Gasteiger partial charge in [0, 0.05) is 11.9 Å². The van der Waals surface area contributed by atoms with E-state index in [1.807, 2.05) is 44.2 Å². The summed E-state index contributed by atoms with van der Waals surface area (Å²) < 4.78 is 6.25. The van der Waals surface area contributed by atoms with Crippen molar-refractivity contribution in [3.63, 3.8) is 0 Å². The number of nitrogens with zero attached hydrogens (tertiary/aromatic N) is 2. The number of nitriles is 1. The number of carbonyl (C=O) groups excluding carboxylic acids is 2. The lowest BCUT2D eigenvalue weighted by Crippen LogP contribution is -2.18. The van der Waals surface area contributed by atoms with Crippen molar-refractivity contribution in [2.75, 3.05) is 18.2 Å². The lowest BCUT2D eigenvalue weighted by Gasteiger charge is -2.16. The summed E-state index contributed by atoms with van der Waals surface area (Å²) in [6, 6.07) is 16.3. The molecule has 0 aliphatic carbocycles. The van der Waals surface area contributed by atoms with Crippen molar-refractivity contribution in [1.82, 2.24) is 4.57 Å². The third-order valence-electron chi connectivity index (χ3n) is 4.78. The van der Waals surface area contributed by atoms with Crippen LogP contribution in [0.15, 0.2) is 54.7 Å². The highest BCUT2D eigenvalue weighted by Gasteiger charge is 2.24. The van der Waals surface area contributed by atoms with Crippen molar-refractivity contribution in [3.05, 3.63) is 77.1 Å². The summed E-state index contributed by atoms with van der Waals surface area (Å²) in [5.41, 5.74) is 8.56. The second kappa shape index (κ2) is 8.53. The Morgan fingerprint density at radius 3 is 2.47 bits per heavy atom. The summed E-state index contributed by atoms with van der Waals surface area (Å²) >= 11 is 0. The summed E-state index contributed by atoms with van der Waals surface area (Å²) in [7, 11) is 1.23. The van der Waals surface area contributed by atoms with E-state index in [9.17, 15) is 14.9 Å². The fraction of sp³-hybridized carbons (Fsp3) is 0.174. The smallest absolute Gasteiger partial charge is 0.357 e. The molecule has 152 valence electrons. The quantitative estimate of drug-likeness (QED) is 0.625. The van der Waals surface area contributed by atoms with Gasteiger partial charge < -0.3 is 20.4 Å².